The maximum Gasteiger partial charge on any atom is 0.264 e. The average Bonchev–Trinajstić information content (AvgIpc) is 3.60. The van der Waals surface area contributed by atoms with Crippen LogP contribution in [0, 0.1) is 24.7 Å². The second-order valence-electron chi connectivity index (χ2n) is 9.55. The van der Waals surface area contributed by atoms with Crippen LogP contribution in [0.25, 0.3) is 10.2 Å². The minimum atomic E-state index is 0.00941. The molecule has 3 aromatic rings. The van der Waals surface area contributed by atoms with E-state index in [2.05, 4.69) is 27.4 Å². The van der Waals surface area contributed by atoms with E-state index in [4.69, 9.17) is 9.47 Å². The lowest BCUT2D eigenvalue weighted by Crippen LogP contribution is -2.28. The number of anilines is 1. The molecule has 2 aliphatic rings. The fourth-order valence-electron chi connectivity index (χ4n) is 5.37. The third kappa shape index (κ3) is 4.59. The highest BCUT2D eigenvalue weighted by molar-refractivity contribution is 7.20. The number of nitrogens with zero attached hydrogens (tertiary/aromatic N) is 3. The minimum absolute atomic E-state index is 0.00941. The van der Waals surface area contributed by atoms with Crippen molar-refractivity contribution in [3.05, 3.63) is 52.7 Å². The predicted molar refractivity (Wildman–Crippen MR) is 140 cm³/mol. The molecule has 35 heavy (non-hydrogen) atoms. The van der Waals surface area contributed by atoms with Gasteiger partial charge in [-0.15, -0.1) is 11.3 Å². The lowest BCUT2D eigenvalue weighted by Gasteiger charge is -2.19. The zero-order valence-electron chi connectivity index (χ0n) is 20.7. The smallest absolute Gasteiger partial charge is 0.264 e. The van der Waals surface area contributed by atoms with Crippen LogP contribution in [0.5, 0.6) is 11.5 Å². The molecule has 184 valence electrons. The molecule has 8 heteroatoms. The van der Waals surface area contributed by atoms with Crippen molar-refractivity contribution in [2.75, 3.05) is 39.7 Å². The number of aromatic nitrogens is 2. The summed E-state index contributed by atoms with van der Waals surface area (Å²) >= 11 is 1.45. The summed E-state index contributed by atoms with van der Waals surface area (Å²) in [5, 5.41) is 4.54. The number of fused-ring (bicyclic) bond motifs is 3. The summed E-state index contributed by atoms with van der Waals surface area (Å²) in [4.78, 5) is 25.7. The van der Waals surface area contributed by atoms with Gasteiger partial charge in [0.05, 0.1) is 24.5 Å². The fourth-order valence-corrected chi connectivity index (χ4v) is 6.52. The Hall–Kier alpha value is -3.13. The Morgan fingerprint density at radius 2 is 2.00 bits per heavy atom. The van der Waals surface area contributed by atoms with Gasteiger partial charge in [0.25, 0.3) is 5.91 Å². The van der Waals surface area contributed by atoms with Crippen molar-refractivity contribution in [2.24, 2.45) is 17.8 Å². The van der Waals surface area contributed by atoms with Crippen LogP contribution in [0.1, 0.15) is 33.6 Å². The van der Waals surface area contributed by atoms with Gasteiger partial charge in [0.1, 0.15) is 17.0 Å². The normalized spacial score (nSPS) is 20.4. The van der Waals surface area contributed by atoms with Gasteiger partial charge in [-0.3, -0.25) is 4.79 Å². The van der Waals surface area contributed by atoms with Crippen LogP contribution in [0.4, 0.5) is 5.82 Å². The zero-order valence-corrected chi connectivity index (χ0v) is 21.5. The lowest BCUT2D eigenvalue weighted by atomic mass is 9.93. The number of carbonyl (C=O) groups excluding carboxylic acids is 1. The third-order valence-electron chi connectivity index (χ3n) is 7.40. The summed E-state index contributed by atoms with van der Waals surface area (Å²) < 4.78 is 10.7. The number of amides is 1. The number of methoxy groups -OCH3 is 2. The van der Waals surface area contributed by atoms with Crippen molar-refractivity contribution in [1.29, 1.82) is 0 Å². The van der Waals surface area contributed by atoms with E-state index < -0.39 is 0 Å². The predicted octanol–water partition coefficient (Wildman–Crippen LogP) is 4.96. The molecule has 0 aliphatic heterocycles. The summed E-state index contributed by atoms with van der Waals surface area (Å²) in [5.41, 5.74) is 2.03. The maximum atomic E-state index is 13.4. The number of rotatable bonds is 9. The average molecular weight is 493 g/mol. The van der Waals surface area contributed by atoms with Crippen molar-refractivity contribution in [1.82, 2.24) is 14.9 Å². The molecule has 2 aliphatic carbocycles. The molecular weight excluding hydrogens is 460 g/mol. The molecule has 1 aromatic carbocycles. The lowest BCUT2D eigenvalue weighted by molar-refractivity contribution is 0.0801. The quantitative estimate of drug-likeness (QED) is 0.426. The van der Waals surface area contributed by atoms with Crippen LogP contribution in [-0.2, 0) is 6.42 Å². The van der Waals surface area contributed by atoms with Gasteiger partial charge in [0, 0.05) is 20.1 Å². The highest BCUT2D eigenvalue weighted by Crippen LogP contribution is 2.43. The van der Waals surface area contributed by atoms with Crippen molar-refractivity contribution in [3.63, 3.8) is 0 Å². The number of hydrogen-bond acceptors (Lipinski definition) is 7. The highest BCUT2D eigenvalue weighted by Gasteiger charge is 2.35. The molecule has 2 heterocycles. The summed E-state index contributed by atoms with van der Waals surface area (Å²) in [7, 11) is 5.10. The number of nitrogens with one attached hydrogen (secondary N) is 1. The van der Waals surface area contributed by atoms with Crippen molar-refractivity contribution >= 4 is 33.3 Å². The van der Waals surface area contributed by atoms with Gasteiger partial charge in [-0.25, -0.2) is 9.97 Å². The van der Waals surface area contributed by atoms with Crippen molar-refractivity contribution < 1.29 is 14.3 Å². The van der Waals surface area contributed by atoms with E-state index in [1.165, 1.54) is 24.2 Å². The van der Waals surface area contributed by atoms with E-state index in [1.807, 2.05) is 32.2 Å². The van der Waals surface area contributed by atoms with E-state index in [1.54, 1.807) is 25.4 Å². The molecule has 1 fully saturated rings. The van der Waals surface area contributed by atoms with Crippen molar-refractivity contribution in [2.45, 2.75) is 26.2 Å². The molecule has 0 spiro atoms. The van der Waals surface area contributed by atoms with Gasteiger partial charge in [-0.05, 0) is 67.2 Å². The van der Waals surface area contributed by atoms with Gasteiger partial charge < -0.3 is 19.7 Å². The van der Waals surface area contributed by atoms with Crippen LogP contribution < -0.4 is 14.8 Å². The van der Waals surface area contributed by atoms with Crippen LogP contribution in [0.3, 0.4) is 0 Å². The Kier molecular flexibility index (Phi) is 6.65. The fraction of sp³-hybridized carbons (Fsp3) is 0.444. The first-order valence-electron chi connectivity index (χ1n) is 12.1. The van der Waals surface area contributed by atoms with Crippen LogP contribution in [0.15, 0.2) is 36.7 Å². The summed E-state index contributed by atoms with van der Waals surface area (Å²) in [5.74, 6) is 4.32. The molecule has 3 atom stereocenters. The number of aryl methyl sites for hydroxylation is 1. The number of likely N-dealkylation sites (N-methyl/N-ethyl adjacent to an activating group) is 1. The first-order valence-corrected chi connectivity index (χ1v) is 12.9. The van der Waals surface area contributed by atoms with Gasteiger partial charge in [-0.1, -0.05) is 18.2 Å². The Morgan fingerprint density at radius 1 is 1.17 bits per heavy atom. The van der Waals surface area contributed by atoms with Gasteiger partial charge in [-0.2, -0.15) is 0 Å². The molecule has 1 saturated carbocycles. The maximum absolute atomic E-state index is 13.4. The van der Waals surface area contributed by atoms with E-state index >= 15 is 0 Å². The van der Waals surface area contributed by atoms with Crippen LogP contribution in [0.2, 0.25) is 0 Å². The topological polar surface area (TPSA) is 76.6 Å². The van der Waals surface area contributed by atoms with Crippen LogP contribution in [-0.4, -0.2) is 55.1 Å². The molecule has 1 amide bonds. The largest absolute Gasteiger partial charge is 0.493 e. The van der Waals surface area contributed by atoms with Gasteiger partial charge in [0.2, 0.25) is 0 Å². The van der Waals surface area contributed by atoms with Crippen LogP contribution >= 0.6 is 11.3 Å². The molecule has 0 unspecified atom stereocenters. The molecule has 5 rings (SSSR count). The van der Waals surface area contributed by atoms with Gasteiger partial charge in [0.15, 0.2) is 11.5 Å². The second kappa shape index (κ2) is 9.85. The molecule has 0 saturated heterocycles. The zero-order chi connectivity index (χ0) is 24.5. The number of benzene rings is 1. The summed E-state index contributed by atoms with van der Waals surface area (Å²) in [6, 6.07) is 5.86. The molecular formula is C27H32N4O3S. The van der Waals surface area contributed by atoms with E-state index in [0.717, 1.165) is 50.9 Å². The number of hydrogen-bond donors (Lipinski definition) is 1. The summed E-state index contributed by atoms with van der Waals surface area (Å²) in [6.45, 7) is 3.50. The molecule has 2 bridgehead atoms. The molecule has 0 radical (unpaired) electrons. The SMILES string of the molecule is COc1ccc(CCN(C)C(=O)c2sc3ncnc(NC[C@@H]4C[C@H]5C=C[C@@H]4C5)c3c2C)cc1OC. The Labute approximate surface area is 210 Å². The second-order valence-corrected chi connectivity index (χ2v) is 10.5. The molecule has 7 nitrogen and oxygen atoms in total. The highest BCUT2D eigenvalue weighted by atomic mass is 32.1. The molecule has 2 aromatic heterocycles. The van der Waals surface area contributed by atoms with E-state index in [0.29, 0.717) is 29.9 Å². The van der Waals surface area contributed by atoms with E-state index in [9.17, 15) is 4.79 Å². The third-order valence-corrected chi connectivity index (χ3v) is 8.59. The summed E-state index contributed by atoms with van der Waals surface area (Å²) in [6.07, 6.45) is 9.59. The number of ether oxygens (including phenoxy) is 2. The monoisotopic (exact) mass is 492 g/mol. The van der Waals surface area contributed by atoms with E-state index in [-0.39, 0.29) is 5.91 Å². The first kappa shape index (κ1) is 23.6. The molecule has 1 N–H and O–H groups in total. The number of thiophene rings is 1. The Balaban J connectivity index is 1.28. The first-order chi connectivity index (χ1) is 17.0. The van der Waals surface area contributed by atoms with Gasteiger partial charge >= 0.3 is 0 Å². The standard InChI is InChI=1S/C27H32N4O3S/c1-16-23-25(28-14-20-12-18-5-7-19(20)11-18)29-15-30-26(23)35-24(16)27(32)31(2)10-9-17-6-8-21(33-3)22(13-17)34-4/h5-8,13,15,18-20H,9-12,14H2,1-4H3,(H,28,29,30)/t18-,19+,20-/m0/s1. The minimum Gasteiger partial charge on any atom is -0.493 e. The number of allylic oxidation sites excluding steroid dienone is 2. The Morgan fingerprint density at radius 3 is 2.71 bits per heavy atom. The Bertz CT molecular complexity index is 1270. The van der Waals surface area contributed by atoms with Crippen molar-refractivity contribution in [3.8, 4) is 11.5 Å². The number of carbonyl (C=O) groups is 1.